The average molecular weight is 320 g/mol. The highest BCUT2D eigenvalue weighted by molar-refractivity contribution is 7.11. The lowest BCUT2D eigenvalue weighted by atomic mass is 10.2. The van der Waals surface area contributed by atoms with Crippen molar-refractivity contribution in [2.24, 2.45) is 0 Å². The number of carbonyl (C=O) groups is 2. The summed E-state index contributed by atoms with van der Waals surface area (Å²) in [6.07, 6.45) is 0. The van der Waals surface area contributed by atoms with Gasteiger partial charge in [-0.3, -0.25) is 14.5 Å². The fourth-order valence-electron chi connectivity index (χ4n) is 2.12. The van der Waals surface area contributed by atoms with Gasteiger partial charge in [0.1, 0.15) is 5.57 Å². The van der Waals surface area contributed by atoms with Crippen molar-refractivity contribution in [1.29, 1.82) is 0 Å². The molecule has 4 nitrogen and oxygen atoms in total. The number of aliphatic hydroxyl groups is 1. The van der Waals surface area contributed by atoms with E-state index in [1.165, 1.54) is 11.3 Å². The third kappa shape index (κ3) is 2.46. The highest BCUT2D eigenvalue weighted by Gasteiger charge is 2.39. The van der Waals surface area contributed by atoms with E-state index in [1.54, 1.807) is 41.8 Å². The Balaban J connectivity index is 1.88. The van der Waals surface area contributed by atoms with Gasteiger partial charge in [-0.15, -0.1) is 11.3 Å². The number of aliphatic hydroxyl groups excluding tert-OH is 1. The van der Waals surface area contributed by atoms with Gasteiger partial charge in [0.25, 0.3) is 11.8 Å². The van der Waals surface area contributed by atoms with E-state index in [2.05, 4.69) is 0 Å². The third-order valence-electron chi connectivity index (χ3n) is 3.17. The highest BCUT2D eigenvalue weighted by atomic mass is 35.5. The Bertz CT molecular complexity index is 735. The molecule has 1 aromatic heterocycles. The second-order valence-electron chi connectivity index (χ2n) is 4.52. The summed E-state index contributed by atoms with van der Waals surface area (Å²) >= 11 is 7.11. The van der Waals surface area contributed by atoms with E-state index in [9.17, 15) is 14.7 Å². The van der Waals surface area contributed by atoms with Crippen LogP contribution in [0.5, 0.6) is 0 Å². The molecule has 0 saturated carbocycles. The van der Waals surface area contributed by atoms with Gasteiger partial charge in [0.15, 0.2) is 5.76 Å². The van der Waals surface area contributed by atoms with Gasteiger partial charge in [-0.2, -0.15) is 0 Å². The van der Waals surface area contributed by atoms with Crippen LogP contribution in [-0.4, -0.2) is 21.8 Å². The summed E-state index contributed by atoms with van der Waals surface area (Å²) in [7, 11) is 0. The molecule has 1 aliphatic rings. The van der Waals surface area contributed by atoms with Gasteiger partial charge >= 0.3 is 0 Å². The summed E-state index contributed by atoms with van der Waals surface area (Å²) in [5.74, 6) is -1.63. The third-order valence-corrected chi connectivity index (χ3v) is 4.30. The van der Waals surface area contributed by atoms with Crippen molar-refractivity contribution in [3.05, 3.63) is 63.0 Å². The number of halogens is 1. The summed E-state index contributed by atoms with van der Waals surface area (Å²) in [6.45, 7) is 0.105. The Morgan fingerprint density at radius 3 is 2.43 bits per heavy atom. The van der Waals surface area contributed by atoms with Gasteiger partial charge in [-0.1, -0.05) is 29.8 Å². The molecule has 2 heterocycles. The number of amides is 2. The molecule has 0 unspecified atom stereocenters. The van der Waals surface area contributed by atoms with Crippen LogP contribution in [0.2, 0.25) is 5.02 Å². The van der Waals surface area contributed by atoms with Crippen LogP contribution in [0, 0.1) is 0 Å². The van der Waals surface area contributed by atoms with E-state index in [4.69, 9.17) is 11.6 Å². The molecule has 0 aliphatic carbocycles. The Kier molecular flexibility index (Phi) is 3.53. The number of hydrogen-bond acceptors (Lipinski definition) is 4. The molecule has 1 aliphatic heterocycles. The summed E-state index contributed by atoms with van der Waals surface area (Å²) in [5.41, 5.74) is 0.838. The molecule has 0 spiro atoms. The zero-order chi connectivity index (χ0) is 15.0. The van der Waals surface area contributed by atoms with E-state index >= 15 is 0 Å². The summed E-state index contributed by atoms with van der Waals surface area (Å²) < 4.78 is 0. The second-order valence-corrected chi connectivity index (χ2v) is 5.91. The molecule has 0 radical (unpaired) electrons. The van der Waals surface area contributed by atoms with Crippen LogP contribution >= 0.6 is 22.9 Å². The first-order valence-corrected chi connectivity index (χ1v) is 7.41. The van der Waals surface area contributed by atoms with Gasteiger partial charge in [0.2, 0.25) is 0 Å². The highest BCUT2D eigenvalue weighted by Crippen LogP contribution is 2.31. The number of imide groups is 1. The van der Waals surface area contributed by atoms with E-state index in [0.29, 0.717) is 9.90 Å². The van der Waals surface area contributed by atoms with Crippen molar-refractivity contribution in [2.45, 2.75) is 6.54 Å². The molecular weight excluding hydrogens is 310 g/mol. The van der Waals surface area contributed by atoms with Crippen LogP contribution in [0.4, 0.5) is 0 Å². The first kappa shape index (κ1) is 13.9. The van der Waals surface area contributed by atoms with E-state index in [0.717, 1.165) is 10.5 Å². The quantitative estimate of drug-likeness (QED) is 0.884. The average Bonchev–Trinajstić information content (AvgIpc) is 3.05. The maximum atomic E-state index is 12.4. The Labute approximate surface area is 129 Å². The summed E-state index contributed by atoms with van der Waals surface area (Å²) in [4.78, 5) is 26.1. The number of nitrogens with zero attached hydrogens (tertiary/aromatic N) is 1. The topological polar surface area (TPSA) is 57.6 Å². The first-order valence-electron chi connectivity index (χ1n) is 6.15. The Morgan fingerprint density at radius 1 is 1.10 bits per heavy atom. The fourth-order valence-corrected chi connectivity index (χ4v) is 3.01. The molecule has 21 heavy (non-hydrogen) atoms. The van der Waals surface area contributed by atoms with Crippen molar-refractivity contribution in [2.75, 3.05) is 0 Å². The Morgan fingerprint density at radius 2 is 1.81 bits per heavy atom. The fraction of sp³-hybridized carbons (Fsp3) is 0.0667. The van der Waals surface area contributed by atoms with Gasteiger partial charge in [0, 0.05) is 9.90 Å². The normalized spacial score (nSPS) is 15.2. The molecule has 1 aromatic carbocycles. The molecule has 1 N–H and O–H groups in total. The molecule has 0 atom stereocenters. The van der Waals surface area contributed by atoms with Gasteiger partial charge in [-0.05, 0) is 29.1 Å². The Hall–Kier alpha value is -2.11. The minimum absolute atomic E-state index is 0.0731. The van der Waals surface area contributed by atoms with E-state index < -0.39 is 17.6 Å². The van der Waals surface area contributed by atoms with Crippen molar-refractivity contribution in [1.82, 2.24) is 4.90 Å². The van der Waals surface area contributed by atoms with Crippen LogP contribution in [0.1, 0.15) is 10.4 Å². The second kappa shape index (κ2) is 5.35. The number of hydrogen-bond donors (Lipinski definition) is 1. The van der Waals surface area contributed by atoms with Crippen LogP contribution in [0.3, 0.4) is 0 Å². The molecule has 106 valence electrons. The molecule has 6 heteroatoms. The van der Waals surface area contributed by atoms with E-state index in [-0.39, 0.29) is 12.1 Å². The maximum Gasteiger partial charge on any atom is 0.296 e. The molecule has 2 aromatic rings. The predicted molar refractivity (Wildman–Crippen MR) is 80.9 cm³/mol. The zero-order valence-electron chi connectivity index (χ0n) is 10.7. The lowest BCUT2D eigenvalue weighted by Crippen LogP contribution is -2.31. The largest absolute Gasteiger partial charge is 0.502 e. The molecule has 0 fully saturated rings. The molecule has 0 saturated heterocycles. The zero-order valence-corrected chi connectivity index (χ0v) is 12.3. The predicted octanol–water partition coefficient (Wildman–Crippen LogP) is 3.24. The summed E-state index contributed by atoms with van der Waals surface area (Å²) in [6, 6.07) is 10.3. The first-order chi connectivity index (χ1) is 10.1. The van der Waals surface area contributed by atoms with Crippen LogP contribution < -0.4 is 0 Å². The SMILES string of the molecule is O=C1C(O)=C(c2cccs2)C(=O)N1Cc1ccc(Cl)cc1. The standard InChI is InChI=1S/C15H10ClNO3S/c16-10-5-3-9(4-6-10)8-17-14(19)12(13(18)15(17)20)11-2-1-7-21-11/h1-7,18H,8H2. The van der Waals surface area contributed by atoms with Crippen LogP contribution in [0.15, 0.2) is 47.5 Å². The monoisotopic (exact) mass is 319 g/mol. The van der Waals surface area contributed by atoms with Crippen molar-refractivity contribution in [3.8, 4) is 0 Å². The molecule has 2 amide bonds. The van der Waals surface area contributed by atoms with E-state index in [1.807, 2.05) is 0 Å². The van der Waals surface area contributed by atoms with Crippen LogP contribution in [0.25, 0.3) is 5.57 Å². The van der Waals surface area contributed by atoms with Gasteiger partial charge in [0.05, 0.1) is 6.54 Å². The number of benzene rings is 1. The lowest BCUT2D eigenvalue weighted by molar-refractivity contribution is -0.138. The molecule has 3 rings (SSSR count). The minimum Gasteiger partial charge on any atom is -0.502 e. The maximum absolute atomic E-state index is 12.4. The number of rotatable bonds is 3. The number of thiophene rings is 1. The smallest absolute Gasteiger partial charge is 0.296 e. The summed E-state index contributed by atoms with van der Waals surface area (Å²) in [5, 5.41) is 12.3. The van der Waals surface area contributed by atoms with Crippen molar-refractivity contribution >= 4 is 40.3 Å². The van der Waals surface area contributed by atoms with Crippen molar-refractivity contribution < 1.29 is 14.7 Å². The lowest BCUT2D eigenvalue weighted by Gasteiger charge is -2.14. The van der Waals surface area contributed by atoms with Crippen molar-refractivity contribution in [3.63, 3.8) is 0 Å². The molecular formula is C15H10ClNO3S. The molecule has 0 bridgehead atoms. The minimum atomic E-state index is -0.668. The van der Waals surface area contributed by atoms with Gasteiger partial charge in [-0.25, -0.2) is 0 Å². The van der Waals surface area contributed by atoms with Crippen LogP contribution in [-0.2, 0) is 16.1 Å². The number of carbonyl (C=O) groups excluding carboxylic acids is 2. The van der Waals surface area contributed by atoms with Gasteiger partial charge < -0.3 is 5.11 Å².